The number of likely N-dealkylation sites (tertiary alicyclic amines) is 1. The number of halogens is 2. The number of phenols is 2. The van der Waals surface area contributed by atoms with Gasteiger partial charge in [0, 0.05) is 24.2 Å². The van der Waals surface area contributed by atoms with E-state index in [4.69, 9.17) is 22.2 Å². The maximum atomic E-state index is 14.4. The number of nitrogens with two attached hydrogens (primary N) is 1. The maximum absolute atomic E-state index is 14.4. The topological polar surface area (TPSA) is 272 Å². The third-order valence-electron chi connectivity index (χ3n) is 9.02. The molecule has 6 N–H and O–H groups in total. The van der Waals surface area contributed by atoms with Crippen LogP contribution in [-0.4, -0.2) is 125 Å². The van der Waals surface area contributed by atoms with Crippen LogP contribution in [0.25, 0.3) is 5.70 Å². The third kappa shape index (κ3) is 8.14. The molecule has 0 saturated carbocycles. The van der Waals surface area contributed by atoms with Crippen LogP contribution < -0.4 is 56.1 Å². The van der Waals surface area contributed by atoms with Gasteiger partial charge in [-0.2, -0.15) is 5.21 Å². The Kier molecular flexibility index (Phi) is 12.4. The molecular formula is C30H32ClFN11NaO8S2. The Morgan fingerprint density at radius 3 is 2.63 bits per heavy atom. The van der Waals surface area contributed by atoms with Crippen molar-refractivity contribution in [1.82, 2.24) is 41.1 Å². The number of nitrogens with zero attached hydrogens (tertiary/aromatic N) is 8. The van der Waals surface area contributed by atoms with Gasteiger partial charge in [-0.1, -0.05) is 28.1 Å². The molecule has 19 nitrogen and oxygen atoms in total. The second-order valence-corrected chi connectivity index (χ2v) is 15.7. The van der Waals surface area contributed by atoms with E-state index in [9.17, 15) is 38.9 Å². The molecule has 0 bridgehead atoms. The molecule has 0 spiro atoms. The summed E-state index contributed by atoms with van der Waals surface area (Å²) in [5.74, 6) is -6.20. The van der Waals surface area contributed by atoms with E-state index in [-0.39, 0.29) is 57.1 Å². The van der Waals surface area contributed by atoms with Gasteiger partial charge in [0.05, 0.1) is 49.2 Å². The van der Waals surface area contributed by atoms with Crippen LogP contribution in [0.4, 0.5) is 9.52 Å². The summed E-state index contributed by atoms with van der Waals surface area (Å²) in [6, 6.07) is 1.04. The number of aliphatic carboxylic acids is 1. The zero-order valence-electron chi connectivity index (χ0n) is 29.0. The standard InChI is InChI=1S/C30H33ClFN11O8S2.Na/c1-30(2,28(49)50)51-39-18(17-22(31)53-29(33)36-17)25(47)35-19-26(48)42-20(23-37-40-41-38-23)13(12-52-27(19)42)11-43(8-3-4-9-43)10-7-34-24(46)14-5-6-15(44)21(45)16(14)32;/h5-6,19,27H,3-4,7-12H2,1-2H3,(H7-,33,34,35,36,37,38,39,40,41,44,45,46,47,49,50);/q;+1/p-1/t19-,27-;/m1./s1. The van der Waals surface area contributed by atoms with E-state index in [0.717, 1.165) is 55.0 Å². The first-order chi connectivity index (χ1) is 25.1. The Labute approximate surface area is 341 Å². The number of nitrogens with one attached hydrogen (secondary N) is 2. The number of quaternary nitrogens is 1. The number of benzene rings is 1. The van der Waals surface area contributed by atoms with Crippen molar-refractivity contribution >= 4 is 74.9 Å². The van der Waals surface area contributed by atoms with Crippen LogP contribution >= 0.6 is 34.7 Å². The largest absolute Gasteiger partial charge is 1.00 e. The Morgan fingerprint density at radius 1 is 1.28 bits per heavy atom. The molecule has 2 fully saturated rings. The number of hydrogen-bond donors (Lipinski definition) is 5. The number of carbonyl (C=O) groups is 4. The monoisotopic (exact) mass is 815 g/mol. The van der Waals surface area contributed by atoms with Crippen molar-refractivity contribution in [3.05, 3.63) is 44.9 Å². The smallest absolute Gasteiger partial charge is 0.546 e. The number of β-lactam (4-membered cyclic amide) rings is 1. The molecular weight excluding hydrogens is 784 g/mol. The number of oxime groups is 1. The Bertz CT molecular complexity index is 2030. The molecule has 54 heavy (non-hydrogen) atoms. The number of tetrazole rings is 1. The number of thiazole rings is 1. The van der Waals surface area contributed by atoms with Crippen molar-refractivity contribution in [2.24, 2.45) is 5.16 Å². The molecule has 282 valence electrons. The number of carboxylic acid groups (broad SMARTS) is 1. The fourth-order valence-corrected chi connectivity index (χ4v) is 8.48. The maximum Gasteiger partial charge on any atom is 1.00 e. The minimum absolute atomic E-state index is 0. The molecule has 5 heterocycles. The average Bonchev–Trinajstić information content (AvgIpc) is 3.88. The SMILES string of the molecule is CC(C)(O/N=C(\C(=O)N[C@@H]1C(=O)N2C(c3nnn[n-]3)=C(C[N+]3(CCNC(=O)c4ccc(O)c(O)c4F)CCCC3)CS[C@H]12)c1nc(N)sc1Cl)C(=O)[O-].[Na+]. The molecule has 0 unspecified atom stereocenters. The number of carbonyl (C=O) groups excluding carboxylic acids is 4. The summed E-state index contributed by atoms with van der Waals surface area (Å²) < 4.78 is 14.9. The van der Waals surface area contributed by atoms with Gasteiger partial charge in [-0.05, 0) is 26.0 Å². The van der Waals surface area contributed by atoms with Gasteiger partial charge in [-0.25, -0.2) is 9.37 Å². The van der Waals surface area contributed by atoms with Gasteiger partial charge in [-0.3, -0.25) is 29.6 Å². The number of aromatic nitrogens is 5. The normalized spacial score (nSPS) is 19.4. The minimum Gasteiger partial charge on any atom is -0.546 e. The molecule has 0 aliphatic carbocycles. The molecule has 3 amide bonds. The molecule has 3 aliphatic rings. The van der Waals surface area contributed by atoms with Crippen molar-refractivity contribution < 1.29 is 77.8 Å². The van der Waals surface area contributed by atoms with E-state index >= 15 is 0 Å². The number of thioether (sulfide) groups is 1. The number of nitrogen functional groups attached to an aromatic ring is 1. The number of hydrogen-bond acceptors (Lipinski definition) is 16. The molecule has 1 aromatic carbocycles. The van der Waals surface area contributed by atoms with E-state index < -0.39 is 69.3 Å². The minimum atomic E-state index is -1.94. The van der Waals surface area contributed by atoms with Crippen LogP contribution in [0, 0.1) is 5.82 Å². The number of aromatic hydroxyl groups is 2. The van der Waals surface area contributed by atoms with Crippen LogP contribution in [0.15, 0.2) is 22.9 Å². The molecule has 2 saturated heterocycles. The molecule has 6 rings (SSSR count). The van der Waals surface area contributed by atoms with Gasteiger partial charge in [0.15, 0.2) is 33.8 Å². The van der Waals surface area contributed by atoms with Crippen LogP contribution in [0.3, 0.4) is 0 Å². The molecule has 3 aliphatic heterocycles. The predicted molar refractivity (Wildman–Crippen MR) is 184 cm³/mol. The summed E-state index contributed by atoms with van der Waals surface area (Å²) in [6.07, 6.45) is 1.81. The molecule has 2 atom stereocenters. The summed E-state index contributed by atoms with van der Waals surface area (Å²) in [7, 11) is 0. The van der Waals surface area contributed by atoms with Crippen molar-refractivity contribution in [2.45, 2.75) is 43.7 Å². The predicted octanol–water partition coefficient (Wildman–Crippen LogP) is -3.82. The number of rotatable bonds is 13. The molecule has 0 radical (unpaired) electrons. The van der Waals surface area contributed by atoms with Crippen molar-refractivity contribution in [1.29, 1.82) is 0 Å². The Balaban J connectivity index is 0.00000561. The summed E-state index contributed by atoms with van der Waals surface area (Å²) in [5.41, 5.74) is 3.95. The average molecular weight is 816 g/mol. The number of anilines is 1. The van der Waals surface area contributed by atoms with Crippen LogP contribution in [0.1, 0.15) is 48.6 Å². The van der Waals surface area contributed by atoms with E-state index in [2.05, 4.69) is 41.4 Å². The zero-order chi connectivity index (χ0) is 38.2. The summed E-state index contributed by atoms with van der Waals surface area (Å²) >= 11 is 8.48. The zero-order valence-corrected chi connectivity index (χ0v) is 33.4. The van der Waals surface area contributed by atoms with E-state index in [1.54, 1.807) is 0 Å². The van der Waals surface area contributed by atoms with Crippen LogP contribution in [0.5, 0.6) is 11.5 Å². The molecule has 24 heteroatoms. The summed E-state index contributed by atoms with van der Waals surface area (Å²) in [5, 5.41) is 54.5. The second kappa shape index (κ2) is 16.4. The molecule has 3 aromatic rings. The van der Waals surface area contributed by atoms with Gasteiger partial charge < -0.3 is 50.9 Å². The first-order valence-electron chi connectivity index (χ1n) is 16.0. The number of phenolic OH excluding ortho intramolecular Hbond substituents is 2. The fraction of sp³-hybridized carbons (Fsp3) is 0.433. The van der Waals surface area contributed by atoms with Gasteiger partial charge in [0.25, 0.3) is 17.7 Å². The van der Waals surface area contributed by atoms with Crippen molar-refractivity contribution in [3.8, 4) is 11.5 Å². The third-order valence-corrected chi connectivity index (χ3v) is 11.4. The fourth-order valence-electron chi connectivity index (χ4n) is 6.22. The quantitative estimate of drug-likeness (QED) is 0.0276. The summed E-state index contributed by atoms with van der Waals surface area (Å²) in [4.78, 5) is 62.3. The first kappa shape index (κ1) is 41.1. The Hall–Kier alpha value is -4.06. The van der Waals surface area contributed by atoms with Crippen molar-refractivity contribution in [3.63, 3.8) is 0 Å². The summed E-state index contributed by atoms with van der Waals surface area (Å²) in [6.45, 7) is 4.90. The van der Waals surface area contributed by atoms with Crippen LogP contribution in [-0.2, 0) is 19.2 Å². The van der Waals surface area contributed by atoms with E-state index in [1.165, 1.54) is 30.5 Å². The first-order valence-corrected chi connectivity index (χ1v) is 18.3. The van der Waals surface area contributed by atoms with E-state index in [1.807, 2.05) is 0 Å². The number of amides is 3. The Morgan fingerprint density at radius 2 is 2.00 bits per heavy atom. The van der Waals surface area contributed by atoms with Gasteiger partial charge in [0.2, 0.25) is 0 Å². The van der Waals surface area contributed by atoms with Gasteiger partial charge in [-0.15, -0.1) is 11.8 Å². The second-order valence-electron chi connectivity index (χ2n) is 12.9. The van der Waals surface area contributed by atoms with E-state index in [0.29, 0.717) is 29.0 Å². The van der Waals surface area contributed by atoms with Crippen LogP contribution in [0.2, 0.25) is 4.34 Å². The number of carboxylic acids is 1. The van der Waals surface area contributed by atoms with Crippen molar-refractivity contribution in [2.75, 3.05) is 44.2 Å². The molecule has 2 aromatic heterocycles. The van der Waals surface area contributed by atoms with Gasteiger partial charge >= 0.3 is 29.6 Å². The number of fused-ring (bicyclic) bond motifs is 1. The van der Waals surface area contributed by atoms with Gasteiger partial charge in [0.1, 0.15) is 28.0 Å².